The number of carbonyl (C=O) groups is 1. The van der Waals surface area contributed by atoms with Crippen LogP contribution in [0.4, 0.5) is 0 Å². The van der Waals surface area contributed by atoms with Gasteiger partial charge in [-0.05, 0) is 43.3 Å². The van der Waals surface area contributed by atoms with Crippen molar-refractivity contribution in [3.8, 4) is 10.8 Å². The largest absolute Gasteiger partial charge is 0.444 e. The number of oxazole rings is 1. The summed E-state index contributed by atoms with van der Waals surface area (Å²) in [7, 11) is 0. The Bertz CT molecular complexity index is 583. The number of nitrogens with one attached hydrogen (secondary N) is 2. The van der Waals surface area contributed by atoms with Crippen LogP contribution in [0.1, 0.15) is 18.5 Å². The summed E-state index contributed by atoms with van der Waals surface area (Å²) in [6.45, 7) is 2.82. The van der Waals surface area contributed by atoms with Crippen molar-refractivity contribution in [1.29, 1.82) is 0 Å². The third-order valence-electron chi connectivity index (χ3n) is 3.61. The summed E-state index contributed by atoms with van der Waals surface area (Å²) in [4.78, 5) is 17.3. The molecule has 5 nitrogen and oxygen atoms in total. The fourth-order valence-electron chi connectivity index (χ4n) is 2.48. The Labute approximate surface area is 152 Å². The molecule has 23 heavy (non-hydrogen) atoms. The molecular weight excluding hydrogens is 357 g/mol. The number of hydrogen-bond donors (Lipinski definition) is 2. The highest BCUT2D eigenvalue weighted by molar-refractivity contribution is 7.13. The van der Waals surface area contributed by atoms with Crippen LogP contribution in [0.5, 0.6) is 0 Å². The van der Waals surface area contributed by atoms with E-state index in [1.54, 1.807) is 17.6 Å². The minimum atomic E-state index is 0. The van der Waals surface area contributed by atoms with Gasteiger partial charge < -0.3 is 15.1 Å². The van der Waals surface area contributed by atoms with Crippen LogP contribution in [0.15, 0.2) is 28.2 Å². The lowest BCUT2D eigenvalue weighted by atomic mass is 10.00. The molecule has 0 bridgehead atoms. The van der Waals surface area contributed by atoms with E-state index in [-0.39, 0.29) is 37.1 Å². The van der Waals surface area contributed by atoms with E-state index in [1.807, 2.05) is 17.5 Å². The summed E-state index contributed by atoms with van der Waals surface area (Å²) >= 11 is 1.57. The first-order valence-corrected chi connectivity index (χ1v) is 8.15. The van der Waals surface area contributed by atoms with Gasteiger partial charge in [-0.2, -0.15) is 0 Å². The molecule has 128 valence electrons. The van der Waals surface area contributed by atoms with Gasteiger partial charge in [-0.3, -0.25) is 4.79 Å². The number of aromatic nitrogens is 1. The summed E-state index contributed by atoms with van der Waals surface area (Å²) in [5, 5.41) is 8.31. The molecule has 1 amide bonds. The van der Waals surface area contributed by atoms with Crippen molar-refractivity contribution in [2.45, 2.75) is 19.3 Å². The molecule has 8 heteroatoms. The van der Waals surface area contributed by atoms with Crippen molar-refractivity contribution in [3.63, 3.8) is 0 Å². The Balaban J connectivity index is 0.00000132. The highest BCUT2D eigenvalue weighted by Crippen LogP contribution is 2.23. The van der Waals surface area contributed by atoms with Crippen LogP contribution in [-0.2, 0) is 11.2 Å². The van der Waals surface area contributed by atoms with Gasteiger partial charge >= 0.3 is 0 Å². The SMILES string of the molecule is Cl.Cl.O=C(Cc1coc(-c2cccs2)n1)NCC1CCCNC1. The molecule has 1 aliphatic rings. The molecule has 1 fully saturated rings. The van der Waals surface area contributed by atoms with Gasteiger partial charge in [-0.1, -0.05) is 6.07 Å². The number of amides is 1. The second kappa shape index (κ2) is 9.93. The van der Waals surface area contributed by atoms with Crippen molar-refractivity contribution < 1.29 is 9.21 Å². The molecule has 0 radical (unpaired) electrons. The van der Waals surface area contributed by atoms with E-state index in [0.717, 1.165) is 24.5 Å². The van der Waals surface area contributed by atoms with E-state index in [1.165, 1.54) is 12.8 Å². The van der Waals surface area contributed by atoms with Crippen molar-refractivity contribution in [1.82, 2.24) is 15.6 Å². The summed E-state index contributed by atoms with van der Waals surface area (Å²) in [6, 6.07) is 3.91. The van der Waals surface area contributed by atoms with Gasteiger partial charge in [0.05, 0.1) is 17.0 Å². The number of piperidine rings is 1. The molecule has 0 spiro atoms. The summed E-state index contributed by atoms with van der Waals surface area (Å²) in [5.74, 6) is 1.14. The van der Waals surface area contributed by atoms with Gasteiger partial charge in [0.2, 0.25) is 11.8 Å². The molecule has 2 aromatic rings. The van der Waals surface area contributed by atoms with Crippen molar-refractivity contribution in [2.75, 3.05) is 19.6 Å². The normalized spacial score (nSPS) is 17.0. The van der Waals surface area contributed by atoms with Gasteiger partial charge in [0.15, 0.2) is 0 Å². The van der Waals surface area contributed by atoms with Crippen molar-refractivity contribution in [3.05, 3.63) is 29.5 Å². The van der Waals surface area contributed by atoms with E-state index < -0.39 is 0 Å². The van der Waals surface area contributed by atoms with Gasteiger partial charge in [0.25, 0.3) is 0 Å². The molecule has 2 N–H and O–H groups in total. The molecule has 1 saturated heterocycles. The van der Waals surface area contributed by atoms with E-state index in [4.69, 9.17) is 4.42 Å². The Morgan fingerprint density at radius 2 is 2.35 bits per heavy atom. The zero-order chi connectivity index (χ0) is 14.5. The molecule has 3 heterocycles. The van der Waals surface area contributed by atoms with E-state index >= 15 is 0 Å². The summed E-state index contributed by atoms with van der Waals surface area (Å²) in [5.41, 5.74) is 0.678. The predicted molar refractivity (Wildman–Crippen MR) is 96.6 cm³/mol. The Hall–Kier alpha value is -1.08. The standard InChI is InChI=1S/C15H19N3O2S.2ClH/c19-14(17-9-11-3-1-5-16-8-11)7-12-10-20-15(18-12)13-4-2-6-21-13;;/h2,4,6,10-11,16H,1,3,5,7-9H2,(H,17,19);2*1H. The summed E-state index contributed by atoms with van der Waals surface area (Å²) < 4.78 is 5.41. The Morgan fingerprint density at radius 3 is 3.04 bits per heavy atom. The number of hydrogen-bond acceptors (Lipinski definition) is 5. The fourth-order valence-corrected chi connectivity index (χ4v) is 3.14. The quantitative estimate of drug-likeness (QED) is 0.840. The van der Waals surface area contributed by atoms with Crippen LogP contribution < -0.4 is 10.6 Å². The van der Waals surface area contributed by atoms with Crippen molar-refractivity contribution >= 4 is 42.1 Å². The molecule has 1 aliphatic heterocycles. The highest BCUT2D eigenvalue weighted by Gasteiger charge is 2.15. The molecule has 1 unspecified atom stereocenters. The molecule has 2 aromatic heterocycles. The molecule has 0 aromatic carbocycles. The lowest BCUT2D eigenvalue weighted by Crippen LogP contribution is -2.38. The van der Waals surface area contributed by atoms with Crippen LogP contribution in [0.25, 0.3) is 10.8 Å². The Kier molecular flexibility index (Phi) is 8.62. The van der Waals surface area contributed by atoms with E-state index in [9.17, 15) is 4.79 Å². The number of thiophene rings is 1. The average molecular weight is 378 g/mol. The maximum atomic E-state index is 11.9. The van der Waals surface area contributed by atoms with Crippen LogP contribution >= 0.6 is 36.2 Å². The topological polar surface area (TPSA) is 67.2 Å². The van der Waals surface area contributed by atoms with Gasteiger partial charge in [0, 0.05) is 6.54 Å². The lowest BCUT2D eigenvalue weighted by molar-refractivity contribution is -0.120. The number of rotatable bonds is 5. The first kappa shape index (κ1) is 20.0. The minimum Gasteiger partial charge on any atom is -0.444 e. The molecular formula is C15H21Cl2N3O2S. The second-order valence-corrected chi connectivity index (χ2v) is 6.26. The number of halogens is 2. The maximum Gasteiger partial charge on any atom is 0.236 e. The first-order chi connectivity index (χ1) is 10.3. The van der Waals surface area contributed by atoms with Crippen LogP contribution in [0.2, 0.25) is 0 Å². The molecule has 3 rings (SSSR count). The van der Waals surface area contributed by atoms with E-state index in [2.05, 4.69) is 15.6 Å². The zero-order valence-electron chi connectivity index (χ0n) is 12.6. The monoisotopic (exact) mass is 377 g/mol. The van der Waals surface area contributed by atoms with Crippen LogP contribution in [-0.4, -0.2) is 30.5 Å². The average Bonchev–Trinajstić information content (AvgIpc) is 3.17. The third-order valence-corrected chi connectivity index (χ3v) is 4.47. The van der Waals surface area contributed by atoms with Gasteiger partial charge in [-0.15, -0.1) is 36.2 Å². The van der Waals surface area contributed by atoms with Gasteiger partial charge in [0.1, 0.15) is 6.26 Å². The predicted octanol–water partition coefficient (Wildman–Crippen LogP) is 2.91. The smallest absolute Gasteiger partial charge is 0.236 e. The lowest BCUT2D eigenvalue weighted by Gasteiger charge is -2.22. The zero-order valence-corrected chi connectivity index (χ0v) is 15.1. The number of carbonyl (C=O) groups excluding carboxylic acids is 1. The molecule has 0 saturated carbocycles. The fraction of sp³-hybridized carbons (Fsp3) is 0.467. The molecule has 1 atom stereocenters. The van der Waals surface area contributed by atoms with Gasteiger partial charge in [-0.25, -0.2) is 4.98 Å². The third kappa shape index (κ3) is 5.80. The Morgan fingerprint density at radius 1 is 1.48 bits per heavy atom. The van der Waals surface area contributed by atoms with Crippen LogP contribution in [0.3, 0.4) is 0 Å². The van der Waals surface area contributed by atoms with Crippen molar-refractivity contribution in [2.24, 2.45) is 5.92 Å². The van der Waals surface area contributed by atoms with Crippen LogP contribution in [0, 0.1) is 5.92 Å². The number of nitrogens with zero attached hydrogens (tertiary/aromatic N) is 1. The first-order valence-electron chi connectivity index (χ1n) is 7.27. The maximum absolute atomic E-state index is 11.9. The highest BCUT2D eigenvalue weighted by atomic mass is 35.5. The minimum absolute atomic E-state index is 0. The molecule has 0 aliphatic carbocycles. The second-order valence-electron chi connectivity index (χ2n) is 5.31. The summed E-state index contributed by atoms with van der Waals surface area (Å²) in [6.07, 6.45) is 4.21. The van der Waals surface area contributed by atoms with E-state index in [0.29, 0.717) is 17.5 Å².